The highest BCUT2D eigenvalue weighted by molar-refractivity contribution is 7.18. The smallest absolute Gasteiger partial charge is 0.161 e. The maximum atomic E-state index is 9.59. The number of phenolic OH excluding ortho intramolecular Hbond substituents is 1. The van der Waals surface area contributed by atoms with E-state index in [1.54, 1.807) is 35.8 Å². The minimum Gasteiger partial charge on any atom is -0.504 e. The molecular formula is C16H16N4O2S. The zero-order valence-corrected chi connectivity index (χ0v) is 13.8. The Kier molecular flexibility index (Phi) is 4.12. The quantitative estimate of drug-likeness (QED) is 0.566. The third-order valence-electron chi connectivity index (χ3n) is 3.55. The van der Waals surface area contributed by atoms with E-state index in [1.807, 2.05) is 0 Å². The first kappa shape index (κ1) is 15.2. The van der Waals surface area contributed by atoms with Crippen molar-refractivity contribution < 1.29 is 9.84 Å². The van der Waals surface area contributed by atoms with Crippen molar-refractivity contribution in [1.29, 1.82) is 0 Å². The summed E-state index contributed by atoms with van der Waals surface area (Å²) < 4.78 is 5.08. The largest absolute Gasteiger partial charge is 0.504 e. The molecule has 7 heteroatoms. The maximum Gasteiger partial charge on any atom is 0.161 e. The van der Waals surface area contributed by atoms with Gasteiger partial charge in [-0.15, -0.1) is 11.3 Å². The van der Waals surface area contributed by atoms with Gasteiger partial charge in [0.2, 0.25) is 0 Å². The fraction of sp³-hybridized carbons (Fsp3) is 0.188. The summed E-state index contributed by atoms with van der Waals surface area (Å²) in [7, 11) is 1.51. The molecule has 0 spiro atoms. The highest BCUT2D eigenvalue weighted by atomic mass is 32.1. The SMILES string of the molecule is COc1cc(C=NNc2ncnc3sc(C)c(C)c23)ccc1O. The third-order valence-corrected chi connectivity index (χ3v) is 4.67. The van der Waals surface area contributed by atoms with Gasteiger partial charge in [0.05, 0.1) is 18.7 Å². The van der Waals surface area contributed by atoms with Crippen LogP contribution in [-0.2, 0) is 0 Å². The van der Waals surface area contributed by atoms with Crippen LogP contribution in [0.15, 0.2) is 29.6 Å². The minimum atomic E-state index is 0.0968. The molecule has 3 rings (SSSR count). The lowest BCUT2D eigenvalue weighted by Gasteiger charge is -2.04. The third kappa shape index (κ3) is 2.95. The van der Waals surface area contributed by atoms with Crippen LogP contribution in [0.25, 0.3) is 10.2 Å². The van der Waals surface area contributed by atoms with Crippen LogP contribution in [0.1, 0.15) is 16.0 Å². The topological polar surface area (TPSA) is 79.6 Å². The highest BCUT2D eigenvalue weighted by Gasteiger charge is 2.11. The summed E-state index contributed by atoms with van der Waals surface area (Å²) in [5, 5.41) is 14.8. The van der Waals surface area contributed by atoms with E-state index in [-0.39, 0.29) is 5.75 Å². The Bertz CT molecular complexity index is 889. The van der Waals surface area contributed by atoms with E-state index < -0.39 is 0 Å². The Hall–Kier alpha value is -2.67. The molecule has 0 bridgehead atoms. The van der Waals surface area contributed by atoms with Gasteiger partial charge in [-0.2, -0.15) is 5.10 Å². The molecule has 0 saturated heterocycles. The fourth-order valence-corrected chi connectivity index (χ4v) is 3.21. The molecule has 6 nitrogen and oxygen atoms in total. The van der Waals surface area contributed by atoms with Gasteiger partial charge < -0.3 is 9.84 Å². The average Bonchev–Trinajstić information content (AvgIpc) is 2.84. The molecule has 3 aromatic rings. The predicted molar refractivity (Wildman–Crippen MR) is 92.8 cm³/mol. The second-order valence-electron chi connectivity index (χ2n) is 4.99. The van der Waals surface area contributed by atoms with Gasteiger partial charge in [0, 0.05) is 4.88 Å². The second kappa shape index (κ2) is 6.21. The Morgan fingerprint density at radius 3 is 2.91 bits per heavy atom. The molecule has 2 aromatic heterocycles. The van der Waals surface area contributed by atoms with Crippen LogP contribution in [-0.4, -0.2) is 28.4 Å². The molecule has 0 saturated carbocycles. The number of nitrogens with zero attached hydrogens (tertiary/aromatic N) is 3. The molecule has 2 heterocycles. The Morgan fingerprint density at radius 1 is 1.30 bits per heavy atom. The number of phenols is 1. The van der Waals surface area contributed by atoms with Crippen LogP contribution < -0.4 is 10.2 Å². The number of aryl methyl sites for hydroxylation is 2. The van der Waals surface area contributed by atoms with Crippen molar-refractivity contribution in [1.82, 2.24) is 9.97 Å². The number of nitrogens with one attached hydrogen (secondary N) is 1. The summed E-state index contributed by atoms with van der Waals surface area (Å²) in [4.78, 5) is 10.7. The number of hydrazone groups is 1. The molecule has 23 heavy (non-hydrogen) atoms. The van der Waals surface area contributed by atoms with Crippen LogP contribution in [0, 0.1) is 13.8 Å². The summed E-state index contributed by atoms with van der Waals surface area (Å²) in [6, 6.07) is 5.02. The molecule has 0 aliphatic rings. The van der Waals surface area contributed by atoms with Crippen molar-refractivity contribution in [2.24, 2.45) is 5.10 Å². The first-order valence-electron chi connectivity index (χ1n) is 6.97. The number of rotatable bonds is 4. The van der Waals surface area contributed by atoms with Crippen LogP contribution >= 0.6 is 11.3 Å². The lowest BCUT2D eigenvalue weighted by molar-refractivity contribution is 0.373. The summed E-state index contributed by atoms with van der Waals surface area (Å²) in [6.07, 6.45) is 3.17. The molecule has 0 radical (unpaired) electrons. The lowest BCUT2D eigenvalue weighted by atomic mass is 10.2. The van der Waals surface area contributed by atoms with Crippen molar-refractivity contribution in [2.75, 3.05) is 12.5 Å². The van der Waals surface area contributed by atoms with Crippen molar-refractivity contribution in [2.45, 2.75) is 13.8 Å². The zero-order valence-electron chi connectivity index (χ0n) is 13.0. The van der Waals surface area contributed by atoms with Crippen LogP contribution in [0.4, 0.5) is 5.82 Å². The van der Waals surface area contributed by atoms with Crippen LogP contribution in [0.5, 0.6) is 11.5 Å². The number of hydrogen-bond acceptors (Lipinski definition) is 7. The molecule has 0 aliphatic carbocycles. The normalized spacial score (nSPS) is 11.3. The van der Waals surface area contributed by atoms with Gasteiger partial charge in [-0.3, -0.25) is 5.43 Å². The number of aromatic nitrogens is 2. The first-order valence-corrected chi connectivity index (χ1v) is 7.78. The Balaban J connectivity index is 1.86. The molecule has 0 aliphatic heterocycles. The number of fused-ring (bicyclic) bond motifs is 1. The lowest BCUT2D eigenvalue weighted by Crippen LogP contribution is -1.96. The van der Waals surface area contributed by atoms with Gasteiger partial charge in [0.1, 0.15) is 11.2 Å². The molecular weight excluding hydrogens is 312 g/mol. The molecule has 0 unspecified atom stereocenters. The van der Waals surface area contributed by atoms with Gasteiger partial charge in [-0.1, -0.05) is 0 Å². The van der Waals surface area contributed by atoms with E-state index in [4.69, 9.17) is 4.74 Å². The molecule has 1 aromatic carbocycles. The number of thiophene rings is 1. The Labute approximate surface area is 137 Å². The van der Waals surface area contributed by atoms with E-state index in [2.05, 4.69) is 34.3 Å². The molecule has 2 N–H and O–H groups in total. The van der Waals surface area contributed by atoms with E-state index in [0.29, 0.717) is 11.6 Å². The van der Waals surface area contributed by atoms with Crippen molar-refractivity contribution in [3.63, 3.8) is 0 Å². The number of anilines is 1. The minimum absolute atomic E-state index is 0.0968. The number of methoxy groups -OCH3 is 1. The van der Waals surface area contributed by atoms with Gasteiger partial charge in [0.15, 0.2) is 17.3 Å². The van der Waals surface area contributed by atoms with E-state index in [9.17, 15) is 5.11 Å². The van der Waals surface area contributed by atoms with Crippen LogP contribution in [0.2, 0.25) is 0 Å². The molecule has 0 fully saturated rings. The predicted octanol–water partition coefficient (Wildman–Crippen LogP) is 3.47. The van der Waals surface area contributed by atoms with Crippen molar-refractivity contribution >= 4 is 33.6 Å². The van der Waals surface area contributed by atoms with Gasteiger partial charge in [-0.25, -0.2) is 9.97 Å². The van der Waals surface area contributed by atoms with E-state index >= 15 is 0 Å². The van der Waals surface area contributed by atoms with Gasteiger partial charge in [-0.05, 0) is 43.2 Å². The summed E-state index contributed by atoms with van der Waals surface area (Å²) in [5.74, 6) is 1.18. The monoisotopic (exact) mass is 328 g/mol. The summed E-state index contributed by atoms with van der Waals surface area (Å²) >= 11 is 1.64. The average molecular weight is 328 g/mol. The van der Waals surface area contributed by atoms with E-state index in [0.717, 1.165) is 21.3 Å². The van der Waals surface area contributed by atoms with Crippen molar-refractivity contribution in [3.8, 4) is 11.5 Å². The molecule has 118 valence electrons. The standard InChI is InChI=1S/C16H16N4O2S/c1-9-10(2)23-16-14(9)15(17-8-18-16)20-19-7-11-4-5-12(21)13(6-11)22-3/h4-8,21H,1-3H3,(H,17,18,20). The zero-order chi connectivity index (χ0) is 16.4. The number of benzene rings is 1. The molecule has 0 atom stereocenters. The second-order valence-corrected chi connectivity index (χ2v) is 6.19. The summed E-state index contributed by atoms with van der Waals surface area (Å²) in [6.45, 7) is 4.12. The van der Waals surface area contributed by atoms with Gasteiger partial charge in [0.25, 0.3) is 0 Å². The maximum absolute atomic E-state index is 9.59. The highest BCUT2D eigenvalue weighted by Crippen LogP contribution is 2.32. The number of aromatic hydroxyl groups is 1. The summed E-state index contributed by atoms with van der Waals surface area (Å²) in [5.41, 5.74) is 4.93. The van der Waals surface area contributed by atoms with Gasteiger partial charge >= 0.3 is 0 Å². The van der Waals surface area contributed by atoms with Crippen LogP contribution in [0.3, 0.4) is 0 Å². The first-order chi connectivity index (χ1) is 11.1. The van der Waals surface area contributed by atoms with Crippen molar-refractivity contribution in [3.05, 3.63) is 40.5 Å². The Morgan fingerprint density at radius 2 is 2.13 bits per heavy atom. The number of hydrogen-bond donors (Lipinski definition) is 2. The molecule has 0 amide bonds. The van der Waals surface area contributed by atoms with E-state index in [1.165, 1.54) is 18.3 Å². The fourth-order valence-electron chi connectivity index (χ4n) is 2.21. The number of ether oxygens (including phenoxy) is 1.